The number of amides is 2. The van der Waals surface area contributed by atoms with Gasteiger partial charge in [0.15, 0.2) is 0 Å². The highest BCUT2D eigenvalue weighted by Gasteiger charge is 2.34. The van der Waals surface area contributed by atoms with E-state index in [2.05, 4.69) is 52.0 Å². The van der Waals surface area contributed by atoms with Gasteiger partial charge in [0.25, 0.3) is 5.91 Å². The Hall–Kier alpha value is -3.29. The van der Waals surface area contributed by atoms with E-state index in [0.717, 1.165) is 38.4 Å². The van der Waals surface area contributed by atoms with Gasteiger partial charge in [-0.25, -0.2) is 9.97 Å². The third kappa shape index (κ3) is 6.24. The number of hydrogen-bond donors (Lipinski definition) is 1. The topological polar surface area (TPSA) is 91.3 Å². The van der Waals surface area contributed by atoms with Crippen molar-refractivity contribution in [3.63, 3.8) is 0 Å². The molecule has 3 heterocycles. The molecule has 8 heteroatoms. The molecule has 1 aliphatic carbocycles. The second-order valence-corrected chi connectivity index (χ2v) is 9.98. The number of nitrogens with one attached hydrogen (secondary N) is 1. The number of nitrogens with zero attached hydrogens (tertiary/aromatic N) is 5. The summed E-state index contributed by atoms with van der Waals surface area (Å²) >= 11 is 0. The second-order valence-electron chi connectivity index (χ2n) is 9.98. The van der Waals surface area contributed by atoms with Crippen molar-refractivity contribution in [3.8, 4) is 0 Å². The lowest BCUT2D eigenvalue weighted by Gasteiger charge is -2.39. The van der Waals surface area contributed by atoms with Gasteiger partial charge in [0, 0.05) is 57.7 Å². The normalized spacial score (nSPS) is 22.6. The number of pyridine rings is 1. The van der Waals surface area contributed by atoms with E-state index in [4.69, 9.17) is 0 Å². The maximum atomic E-state index is 13.2. The molecule has 2 aliphatic rings. The highest BCUT2D eigenvalue weighted by atomic mass is 16.2. The van der Waals surface area contributed by atoms with Crippen LogP contribution in [0.3, 0.4) is 0 Å². The van der Waals surface area contributed by atoms with Crippen molar-refractivity contribution < 1.29 is 9.59 Å². The van der Waals surface area contributed by atoms with Gasteiger partial charge in [-0.05, 0) is 49.1 Å². The zero-order chi connectivity index (χ0) is 24.8. The molecule has 0 saturated carbocycles. The average Bonchev–Trinajstić information content (AvgIpc) is 2.89. The fourth-order valence-electron chi connectivity index (χ4n) is 5.29. The molecule has 1 saturated heterocycles. The second kappa shape index (κ2) is 11.4. The zero-order valence-corrected chi connectivity index (χ0v) is 20.9. The summed E-state index contributed by atoms with van der Waals surface area (Å²) in [7, 11) is 0. The van der Waals surface area contributed by atoms with Crippen molar-refractivity contribution in [2.75, 3.05) is 37.6 Å². The number of rotatable bonds is 7. The molecule has 186 valence electrons. The van der Waals surface area contributed by atoms with Crippen LogP contribution in [-0.4, -0.2) is 64.4 Å². The number of hydrogen-bond acceptors (Lipinski definition) is 6. The summed E-state index contributed by atoms with van der Waals surface area (Å²) in [5.41, 5.74) is 1.58. The highest BCUT2D eigenvalue weighted by molar-refractivity contribution is 5.91. The molecule has 8 nitrogen and oxygen atoms in total. The van der Waals surface area contributed by atoms with E-state index in [1.807, 2.05) is 29.3 Å². The lowest BCUT2D eigenvalue weighted by Crippen LogP contribution is -2.49. The fraction of sp³-hybridized carbons (Fsp3) is 0.519. The van der Waals surface area contributed by atoms with Gasteiger partial charge in [0.1, 0.15) is 11.5 Å². The molecule has 0 aromatic carbocycles. The molecule has 3 unspecified atom stereocenters. The first-order chi connectivity index (χ1) is 16.9. The van der Waals surface area contributed by atoms with E-state index in [9.17, 15) is 9.59 Å². The Morgan fingerprint density at radius 1 is 1.09 bits per heavy atom. The highest BCUT2D eigenvalue weighted by Crippen LogP contribution is 2.39. The van der Waals surface area contributed by atoms with E-state index >= 15 is 0 Å². The first-order valence-corrected chi connectivity index (χ1v) is 12.6. The number of aromatic nitrogens is 3. The molecular formula is C27H36N6O2. The monoisotopic (exact) mass is 476 g/mol. The molecule has 0 spiro atoms. The largest absolute Gasteiger partial charge is 0.353 e. The summed E-state index contributed by atoms with van der Waals surface area (Å²) in [5.74, 6) is 2.36. The van der Waals surface area contributed by atoms with Crippen molar-refractivity contribution in [1.29, 1.82) is 0 Å². The Balaban J connectivity index is 1.33. The van der Waals surface area contributed by atoms with E-state index < -0.39 is 0 Å². The number of carbonyl (C=O) groups excluding carboxylic acids is 2. The van der Waals surface area contributed by atoms with E-state index in [1.165, 1.54) is 18.0 Å². The van der Waals surface area contributed by atoms with Crippen LogP contribution in [0.25, 0.3) is 0 Å². The van der Waals surface area contributed by atoms with Crippen LogP contribution < -0.4 is 10.2 Å². The van der Waals surface area contributed by atoms with Gasteiger partial charge in [0.2, 0.25) is 5.91 Å². The lowest BCUT2D eigenvalue weighted by molar-refractivity contribution is -0.132. The van der Waals surface area contributed by atoms with Crippen LogP contribution in [0.15, 0.2) is 54.6 Å². The summed E-state index contributed by atoms with van der Waals surface area (Å²) in [5, 5.41) is 3.03. The molecule has 0 bridgehead atoms. The Labute approximate surface area is 207 Å². The number of piperazine rings is 1. The summed E-state index contributed by atoms with van der Waals surface area (Å²) in [6.45, 7) is 10.2. The fourth-order valence-corrected chi connectivity index (χ4v) is 5.29. The van der Waals surface area contributed by atoms with Crippen molar-refractivity contribution >= 4 is 17.6 Å². The molecule has 4 rings (SSSR count). The maximum Gasteiger partial charge on any atom is 0.271 e. The minimum absolute atomic E-state index is 0.200. The van der Waals surface area contributed by atoms with Gasteiger partial charge < -0.3 is 15.1 Å². The van der Waals surface area contributed by atoms with Crippen LogP contribution in [0, 0.1) is 23.7 Å². The van der Waals surface area contributed by atoms with Crippen LogP contribution in [-0.2, 0) is 4.79 Å². The Kier molecular flexibility index (Phi) is 8.10. The predicted octanol–water partition coefficient (Wildman–Crippen LogP) is 3.19. The molecule has 2 aromatic rings. The van der Waals surface area contributed by atoms with Crippen LogP contribution in [0.1, 0.15) is 44.1 Å². The molecule has 2 amide bonds. The van der Waals surface area contributed by atoms with Crippen LogP contribution >= 0.6 is 0 Å². The van der Waals surface area contributed by atoms with Gasteiger partial charge >= 0.3 is 0 Å². The minimum Gasteiger partial charge on any atom is -0.353 e. The average molecular weight is 477 g/mol. The first-order valence-electron chi connectivity index (χ1n) is 12.6. The van der Waals surface area contributed by atoms with E-state index in [0.29, 0.717) is 30.5 Å². The molecule has 3 atom stereocenters. The quantitative estimate of drug-likeness (QED) is 0.617. The lowest BCUT2D eigenvalue weighted by atomic mass is 9.69. The van der Waals surface area contributed by atoms with Crippen molar-refractivity contribution in [1.82, 2.24) is 25.2 Å². The molecule has 35 heavy (non-hydrogen) atoms. The standard InChI is InChI=1S/C27H36N6O2/c1-19(2)23-15-21(20(3)14-22(23)17-31-27(35)24-18-28-8-9-29-24)16-26(34)33-12-10-32(11-13-33)25-6-4-5-7-30-25/h4-9,14,18-19,21-23H,10-13,15-17H2,1-3H3,(H,31,35). The number of carbonyl (C=O) groups is 2. The van der Waals surface area contributed by atoms with Crippen molar-refractivity contribution in [2.24, 2.45) is 23.7 Å². The third-order valence-electron chi connectivity index (χ3n) is 7.40. The van der Waals surface area contributed by atoms with Crippen LogP contribution in [0.5, 0.6) is 0 Å². The zero-order valence-electron chi connectivity index (χ0n) is 20.9. The Morgan fingerprint density at radius 3 is 2.54 bits per heavy atom. The van der Waals surface area contributed by atoms with Crippen molar-refractivity contribution in [3.05, 3.63) is 60.3 Å². The summed E-state index contributed by atoms with van der Waals surface area (Å²) < 4.78 is 0. The predicted molar refractivity (Wildman–Crippen MR) is 136 cm³/mol. The van der Waals surface area contributed by atoms with Crippen molar-refractivity contribution in [2.45, 2.75) is 33.6 Å². The summed E-state index contributed by atoms with van der Waals surface area (Å²) in [4.78, 5) is 42.4. The van der Waals surface area contributed by atoms with E-state index in [-0.39, 0.29) is 23.7 Å². The van der Waals surface area contributed by atoms with Gasteiger partial charge in [-0.1, -0.05) is 31.6 Å². The molecule has 2 aromatic heterocycles. The first kappa shape index (κ1) is 24.8. The van der Waals surface area contributed by atoms with Crippen LogP contribution in [0.2, 0.25) is 0 Å². The van der Waals surface area contributed by atoms with Gasteiger partial charge in [-0.2, -0.15) is 0 Å². The minimum atomic E-state index is -0.200. The maximum absolute atomic E-state index is 13.2. The van der Waals surface area contributed by atoms with Gasteiger partial charge in [-0.15, -0.1) is 0 Å². The SMILES string of the molecule is CC1=CC(CNC(=O)c2cnccn2)C(C(C)C)CC1CC(=O)N1CCN(c2ccccn2)CC1. The van der Waals surface area contributed by atoms with Gasteiger partial charge in [0.05, 0.1) is 6.20 Å². The molecule has 1 aliphatic heterocycles. The molecule has 1 fully saturated rings. The molecule has 1 N–H and O–H groups in total. The number of anilines is 1. The van der Waals surface area contributed by atoms with E-state index in [1.54, 1.807) is 6.20 Å². The molecular weight excluding hydrogens is 440 g/mol. The van der Waals surface area contributed by atoms with Crippen LogP contribution in [0.4, 0.5) is 5.82 Å². The summed E-state index contributed by atoms with van der Waals surface area (Å²) in [6, 6.07) is 5.94. The van der Waals surface area contributed by atoms with Gasteiger partial charge in [-0.3, -0.25) is 14.6 Å². The molecule has 0 radical (unpaired) electrons. The third-order valence-corrected chi connectivity index (χ3v) is 7.40. The Bertz CT molecular complexity index is 1020. The Morgan fingerprint density at radius 2 is 1.89 bits per heavy atom. The summed E-state index contributed by atoms with van der Waals surface area (Å²) in [6.07, 6.45) is 10.2. The smallest absolute Gasteiger partial charge is 0.271 e. The number of allylic oxidation sites excluding steroid dienone is 1.